The van der Waals surface area contributed by atoms with Crippen LogP contribution >= 0.6 is 0 Å². The zero-order valence-corrected chi connectivity index (χ0v) is 21.4. The van der Waals surface area contributed by atoms with E-state index in [1.807, 2.05) is 24.3 Å². The van der Waals surface area contributed by atoms with Crippen LogP contribution < -0.4 is 4.74 Å². The predicted octanol–water partition coefficient (Wildman–Crippen LogP) is 6.75. The number of aromatic nitrogens is 1. The van der Waals surface area contributed by atoms with E-state index in [0.717, 1.165) is 53.3 Å². The van der Waals surface area contributed by atoms with E-state index in [-0.39, 0.29) is 17.8 Å². The fourth-order valence-corrected chi connectivity index (χ4v) is 5.37. The topological polar surface area (TPSA) is 80.8 Å². The number of phenolic OH excluding ortho intramolecular Hbond substituents is 1. The fraction of sp³-hybridized carbons (Fsp3) is 0.323. The van der Waals surface area contributed by atoms with E-state index in [4.69, 9.17) is 14.2 Å². The largest absolute Gasteiger partial charge is 0.508 e. The number of nitrogens with one attached hydrogen (secondary N) is 1. The molecule has 1 heterocycles. The van der Waals surface area contributed by atoms with E-state index in [1.54, 1.807) is 26.2 Å². The number of benzene rings is 3. The average Bonchev–Trinajstić information content (AvgIpc) is 3.29. The summed E-state index contributed by atoms with van der Waals surface area (Å²) < 4.78 is 17.1. The Balaban J connectivity index is 1.41. The first-order chi connectivity index (χ1) is 18.1. The third kappa shape index (κ3) is 5.20. The van der Waals surface area contributed by atoms with Crippen molar-refractivity contribution in [2.45, 2.75) is 45.1 Å². The van der Waals surface area contributed by atoms with Crippen LogP contribution in [0.5, 0.6) is 11.5 Å². The molecule has 0 spiro atoms. The molecule has 1 aromatic heterocycles. The standard InChI is InChI=1S/C31H33NO5/c1-3-36-31(34)30-27(14-8-16-37-28-15-6-10-20-9-4-5-11-24(20)28)26-13-7-12-25(29(26)32-30)21-17-22(33)19-23(18-21)35-2/h4-5,7,9,11-13,17-19,28,32-33H,3,6,8,10,14-16H2,1-2H3. The van der Waals surface area contributed by atoms with E-state index >= 15 is 0 Å². The number of aromatic amines is 1. The second kappa shape index (κ2) is 11.1. The summed E-state index contributed by atoms with van der Waals surface area (Å²) in [6.07, 6.45) is 4.87. The number of hydrogen-bond donors (Lipinski definition) is 2. The molecule has 0 radical (unpaired) electrons. The number of carbonyl (C=O) groups excluding carboxylic acids is 1. The SMILES string of the molecule is CCOC(=O)c1[nH]c2c(-c3cc(O)cc(OC)c3)cccc2c1CCCOC1CCCc2ccccc21. The zero-order chi connectivity index (χ0) is 25.8. The molecule has 3 aromatic carbocycles. The Morgan fingerprint density at radius 1 is 1.11 bits per heavy atom. The van der Waals surface area contributed by atoms with Gasteiger partial charge < -0.3 is 24.3 Å². The highest BCUT2D eigenvalue weighted by Gasteiger charge is 2.22. The van der Waals surface area contributed by atoms with E-state index in [9.17, 15) is 9.90 Å². The molecular weight excluding hydrogens is 466 g/mol. The molecule has 6 nitrogen and oxygen atoms in total. The van der Waals surface area contributed by atoms with Crippen LogP contribution in [0.15, 0.2) is 60.7 Å². The van der Waals surface area contributed by atoms with Crippen molar-refractivity contribution in [2.75, 3.05) is 20.3 Å². The van der Waals surface area contributed by atoms with Gasteiger partial charge in [-0.3, -0.25) is 0 Å². The molecule has 4 aromatic rings. The maximum absolute atomic E-state index is 12.9. The van der Waals surface area contributed by atoms with E-state index in [2.05, 4.69) is 29.2 Å². The molecule has 0 bridgehead atoms. The lowest BCUT2D eigenvalue weighted by Gasteiger charge is -2.25. The summed E-state index contributed by atoms with van der Waals surface area (Å²) in [7, 11) is 1.57. The molecule has 192 valence electrons. The van der Waals surface area contributed by atoms with Gasteiger partial charge in [-0.1, -0.05) is 42.5 Å². The number of fused-ring (bicyclic) bond motifs is 2. The number of H-pyrrole nitrogens is 1. The molecule has 0 amide bonds. The molecule has 37 heavy (non-hydrogen) atoms. The van der Waals surface area contributed by atoms with Gasteiger partial charge in [-0.25, -0.2) is 4.79 Å². The monoisotopic (exact) mass is 499 g/mol. The minimum absolute atomic E-state index is 0.116. The number of ether oxygens (including phenoxy) is 3. The summed E-state index contributed by atoms with van der Waals surface area (Å²) >= 11 is 0. The van der Waals surface area contributed by atoms with E-state index in [0.29, 0.717) is 31.1 Å². The van der Waals surface area contributed by atoms with Gasteiger partial charge >= 0.3 is 5.97 Å². The van der Waals surface area contributed by atoms with Crippen LogP contribution in [0, 0.1) is 0 Å². The summed E-state index contributed by atoms with van der Waals surface area (Å²) in [5.41, 5.74) is 6.59. The third-order valence-electron chi connectivity index (χ3n) is 7.06. The van der Waals surface area contributed by atoms with Gasteiger partial charge in [0.1, 0.15) is 17.2 Å². The van der Waals surface area contributed by atoms with E-state index < -0.39 is 0 Å². The number of hydrogen-bond acceptors (Lipinski definition) is 5. The van der Waals surface area contributed by atoms with Crippen LogP contribution in [0.1, 0.15) is 59.5 Å². The van der Waals surface area contributed by atoms with Crippen molar-refractivity contribution in [1.82, 2.24) is 4.98 Å². The second-order valence-corrected chi connectivity index (χ2v) is 9.40. The first-order valence-electron chi connectivity index (χ1n) is 13.0. The Hall–Kier alpha value is -3.77. The zero-order valence-electron chi connectivity index (χ0n) is 21.4. The minimum atomic E-state index is -0.365. The molecule has 1 aliphatic rings. The molecular formula is C31H33NO5. The van der Waals surface area contributed by atoms with Gasteiger partial charge in [-0.2, -0.15) is 0 Å². The summed E-state index contributed by atoms with van der Waals surface area (Å²) in [5.74, 6) is 0.311. The number of aromatic hydroxyl groups is 1. The van der Waals surface area contributed by atoms with Crippen LogP contribution in [-0.4, -0.2) is 36.4 Å². The van der Waals surface area contributed by atoms with Crippen molar-refractivity contribution in [1.29, 1.82) is 0 Å². The average molecular weight is 500 g/mol. The van der Waals surface area contributed by atoms with Gasteiger partial charge in [0.25, 0.3) is 0 Å². The Morgan fingerprint density at radius 2 is 1.97 bits per heavy atom. The van der Waals surface area contributed by atoms with Crippen LogP contribution in [0.3, 0.4) is 0 Å². The molecule has 0 saturated carbocycles. The highest BCUT2D eigenvalue weighted by Crippen LogP contribution is 2.36. The molecule has 1 aliphatic carbocycles. The first kappa shape index (κ1) is 24.9. The maximum Gasteiger partial charge on any atom is 0.355 e. The van der Waals surface area contributed by atoms with Gasteiger partial charge in [-0.15, -0.1) is 0 Å². The number of rotatable bonds is 9. The molecule has 0 fully saturated rings. The van der Waals surface area contributed by atoms with Crippen LogP contribution in [0.4, 0.5) is 0 Å². The highest BCUT2D eigenvalue weighted by atomic mass is 16.5. The number of methoxy groups -OCH3 is 1. The molecule has 6 heteroatoms. The quantitative estimate of drug-likeness (QED) is 0.197. The number of carbonyl (C=O) groups is 1. The van der Waals surface area contributed by atoms with Crippen molar-refractivity contribution in [3.8, 4) is 22.6 Å². The van der Waals surface area contributed by atoms with Crippen LogP contribution in [-0.2, 0) is 22.3 Å². The Labute approximate surface area is 217 Å². The maximum atomic E-state index is 12.9. The molecule has 1 atom stereocenters. The second-order valence-electron chi connectivity index (χ2n) is 9.40. The Morgan fingerprint density at radius 3 is 2.81 bits per heavy atom. The predicted molar refractivity (Wildman–Crippen MR) is 144 cm³/mol. The van der Waals surface area contributed by atoms with Gasteiger partial charge in [0, 0.05) is 23.6 Å². The smallest absolute Gasteiger partial charge is 0.355 e. The van der Waals surface area contributed by atoms with Crippen LogP contribution in [0.25, 0.3) is 22.0 Å². The number of aryl methyl sites for hydroxylation is 2. The molecule has 5 rings (SSSR count). The van der Waals surface area contributed by atoms with Crippen molar-refractivity contribution in [3.63, 3.8) is 0 Å². The molecule has 1 unspecified atom stereocenters. The summed E-state index contributed by atoms with van der Waals surface area (Å²) in [6.45, 7) is 2.71. The summed E-state index contributed by atoms with van der Waals surface area (Å²) in [5, 5.41) is 11.2. The van der Waals surface area contributed by atoms with Gasteiger partial charge in [0.05, 0.1) is 25.3 Å². The normalized spacial score (nSPS) is 14.9. The van der Waals surface area contributed by atoms with Crippen LogP contribution in [0.2, 0.25) is 0 Å². The first-order valence-corrected chi connectivity index (χ1v) is 13.0. The number of para-hydroxylation sites is 1. The summed E-state index contributed by atoms with van der Waals surface area (Å²) in [6, 6.07) is 19.6. The highest BCUT2D eigenvalue weighted by molar-refractivity contribution is 6.03. The van der Waals surface area contributed by atoms with Crippen molar-refractivity contribution < 1.29 is 24.1 Å². The number of phenols is 1. The van der Waals surface area contributed by atoms with Crippen molar-refractivity contribution >= 4 is 16.9 Å². The fourth-order valence-electron chi connectivity index (χ4n) is 5.37. The molecule has 0 aliphatic heterocycles. The Bertz CT molecular complexity index is 1410. The number of esters is 1. The van der Waals surface area contributed by atoms with Gasteiger partial charge in [0.15, 0.2) is 0 Å². The molecule has 2 N–H and O–H groups in total. The minimum Gasteiger partial charge on any atom is -0.508 e. The lowest BCUT2D eigenvalue weighted by molar-refractivity contribution is 0.0392. The lowest BCUT2D eigenvalue weighted by Crippen LogP contribution is -2.14. The van der Waals surface area contributed by atoms with Crippen molar-refractivity contribution in [3.05, 3.63) is 83.0 Å². The van der Waals surface area contributed by atoms with Gasteiger partial charge in [0.2, 0.25) is 0 Å². The molecule has 0 saturated heterocycles. The van der Waals surface area contributed by atoms with Gasteiger partial charge in [-0.05, 0) is 73.4 Å². The third-order valence-corrected chi connectivity index (χ3v) is 7.06. The van der Waals surface area contributed by atoms with E-state index in [1.165, 1.54) is 11.1 Å². The Kier molecular flexibility index (Phi) is 7.47. The van der Waals surface area contributed by atoms with Crippen molar-refractivity contribution in [2.24, 2.45) is 0 Å². The lowest BCUT2D eigenvalue weighted by atomic mass is 9.89. The summed E-state index contributed by atoms with van der Waals surface area (Å²) in [4.78, 5) is 16.2.